The molecular weight excluding hydrogens is 176 g/mol. The van der Waals surface area contributed by atoms with E-state index in [1.54, 1.807) is 6.33 Å². The minimum Gasteiger partial charge on any atom is -0.395 e. The van der Waals surface area contributed by atoms with Gasteiger partial charge in [0, 0.05) is 12.2 Å². The van der Waals surface area contributed by atoms with Gasteiger partial charge in [-0.05, 0) is 12.8 Å². The van der Waals surface area contributed by atoms with Crippen LogP contribution in [0.2, 0.25) is 0 Å². The third-order valence-corrected chi connectivity index (χ3v) is 2.03. The number of hydrogen-bond donors (Lipinski definition) is 1. The molecule has 0 spiro atoms. The number of imidazole rings is 1. The molecule has 0 saturated heterocycles. The second-order valence-corrected chi connectivity index (χ2v) is 3.29. The lowest BCUT2D eigenvalue weighted by Crippen LogP contribution is -2.03. The first-order chi connectivity index (χ1) is 6.66. The fourth-order valence-electron chi connectivity index (χ4n) is 1.36. The number of aliphatic hydroxyl groups excluding tert-OH is 1. The fourth-order valence-corrected chi connectivity index (χ4v) is 1.36. The summed E-state index contributed by atoms with van der Waals surface area (Å²) in [7, 11) is 0. The Labute approximate surface area is 86.8 Å². The highest BCUT2D eigenvalue weighted by molar-refractivity contribution is 5.14. The molecule has 0 aliphatic rings. The highest BCUT2D eigenvalue weighted by Crippen LogP contribution is 2.16. The van der Waals surface area contributed by atoms with Crippen LogP contribution in [0.25, 0.3) is 0 Å². The highest BCUT2D eigenvalue weighted by Gasteiger charge is 2.08. The number of nitrogens with zero attached hydrogens (tertiary/aromatic N) is 2. The molecule has 1 rings (SSSR count). The van der Waals surface area contributed by atoms with Gasteiger partial charge in [-0.1, -0.05) is 27.7 Å². The molecule has 0 aliphatic heterocycles. The number of aliphatic hydroxyl groups is 1. The van der Waals surface area contributed by atoms with E-state index in [4.69, 9.17) is 5.11 Å². The smallest absolute Gasteiger partial charge is 0.0952 e. The summed E-state index contributed by atoms with van der Waals surface area (Å²) in [6, 6.07) is 0. The van der Waals surface area contributed by atoms with Crippen LogP contribution in [0.4, 0.5) is 0 Å². The van der Waals surface area contributed by atoms with E-state index in [-0.39, 0.29) is 6.61 Å². The molecule has 1 aromatic heterocycles. The summed E-state index contributed by atoms with van der Waals surface area (Å²) in [5.41, 5.74) is 2.29. The summed E-state index contributed by atoms with van der Waals surface area (Å²) in [5, 5.41) is 8.74. The molecule has 1 aromatic rings. The zero-order chi connectivity index (χ0) is 11.1. The number of hydrogen-bond acceptors (Lipinski definition) is 2. The first-order valence-electron chi connectivity index (χ1n) is 5.29. The lowest BCUT2D eigenvalue weighted by atomic mass is 10.1. The van der Waals surface area contributed by atoms with Gasteiger partial charge in [0.05, 0.1) is 18.6 Å². The Hall–Kier alpha value is -0.830. The van der Waals surface area contributed by atoms with Crippen molar-refractivity contribution in [3.05, 3.63) is 17.7 Å². The number of aromatic nitrogens is 2. The fraction of sp³-hybridized carbons (Fsp3) is 0.727. The quantitative estimate of drug-likeness (QED) is 0.809. The third-order valence-electron chi connectivity index (χ3n) is 2.03. The predicted octanol–water partition coefficient (Wildman–Crippen LogP) is 2.33. The minimum atomic E-state index is 0.175. The zero-order valence-electron chi connectivity index (χ0n) is 9.91. The van der Waals surface area contributed by atoms with Crippen LogP contribution < -0.4 is 0 Å². The molecule has 0 aromatic carbocycles. The molecule has 82 valence electrons. The highest BCUT2D eigenvalue weighted by atomic mass is 16.3. The maximum absolute atomic E-state index is 8.74. The average molecular weight is 198 g/mol. The monoisotopic (exact) mass is 198 g/mol. The van der Waals surface area contributed by atoms with E-state index in [2.05, 4.69) is 18.8 Å². The lowest BCUT2D eigenvalue weighted by molar-refractivity contribution is 0.275. The Bertz CT molecular complexity index is 254. The van der Waals surface area contributed by atoms with Crippen LogP contribution in [-0.2, 0) is 6.54 Å². The van der Waals surface area contributed by atoms with Crippen LogP contribution >= 0.6 is 0 Å². The van der Waals surface area contributed by atoms with E-state index in [1.807, 2.05) is 25.3 Å². The van der Waals surface area contributed by atoms with Gasteiger partial charge in [-0.15, -0.1) is 0 Å². The molecule has 0 radical (unpaired) electrons. The minimum absolute atomic E-state index is 0.175. The van der Waals surface area contributed by atoms with Gasteiger partial charge in [0.2, 0.25) is 0 Å². The van der Waals surface area contributed by atoms with E-state index in [0.717, 1.165) is 5.69 Å². The first kappa shape index (κ1) is 13.2. The molecule has 14 heavy (non-hydrogen) atoms. The Morgan fingerprint density at radius 1 is 1.43 bits per heavy atom. The van der Waals surface area contributed by atoms with Crippen molar-refractivity contribution in [2.75, 3.05) is 6.61 Å². The van der Waals surface area contributed by atoms with E-state index in [1.165, 1.54) is 5.69 Å². The second-order valence-electron chi connectivity index (χ2n) is 3.29. The molecule has 1 N–H and O–H groups in total. The molecule has 3 heteroatoms. The second kappa shape index (κ2) is 6.60. The molecule has 0 fully saturated rings. The molecule has 0 bridgehead atoms. The summed E-state index contributed by atoms with van der Waals surface area (Å²) in [4.78, 5) is 4.29. The predicted molar refractivity (Wildman–Crippen MR) is 59.5 cm³/mol. The van der Waals surface area contributed by atoms with Gasteiger partial charge in [0.1, 0.15) is 0 Å². The standard InChI is InChI=1S/C9H16N2O.C2H6/c1-7(2)9-8(3)11(4-5-12)6-10-9;1-2/h6-7,12H,4-5H2,1-3H3;1-2H3. The Balaban J connectivity index is 0.000000791. The average Bonchev–Trinajstić information content (AvgIpc) is 2.52. The maximum Gasteiger partial charge on any atom is 0.0952 e. The van der Waals surface area contributed by atoms with Crippen molar-refractivity contribution < 1.29 is 5.11 Å². The van der Waals surface area contributed by atoms with E-state index in [9.17, 15) is 0 Å². The van der Waals surface area contributed by atoms with Crippen LogP contribution in [0.3, 0.4) is 0 Å². The molecule has 0 unspecified atom stereocenters. The van der Waals surface area contributed by atoms with Gasteiger partial charge < -0.3 is 9.67 Å². The summed E-state index contributed by atoms with van der Waals surface area (Å²) >= 11 is 0. The molecule has 3 nitrogen and oxygen atoms in total. The van der Waals surface area contributed by atoms with Crippen molar-refractivity contribution in [3.8, 4) is 0 Å². The van der Waals surface area contributed by atoms with E-state index in [0.29, 0.717) is 12.5 Å². The summed E-state index contributed by atoms with van der Waals surface area (Å²) in [5.74, 6) is 0.463. The van der Waals surface area contributed by atoms with Crippen LogP contribution in [0, 0.1) is 6.92 Å². The third kappa shape index (κ3) is 3.14. The SMILES string of the molecule is CC.Cc1c(C(C)C)ncn1CCO. The van der Waals surface area contributed by atoms with Gasteiger partial charge in [-0.3, -0.25) is 0 Å². The van der Waals surface area contributed by atoms with Crippen LogP contribution in [0.15, 0.2) is 6.33 Å². The van der Waals surface area contributed by atoms with Gasteiger partial charge in [-0.2, -0.15) is 0 Å². The summed E-state index contributed by atoms with van der Waals surface area (Å²) in [6.07, 6.45) is 1.79. The largest absolute Gasteiger partial charge is 0.395 e. The lowest BCUT2D eigenvalue weighted by Gasteiger charge is -2.05. The van der Waals surface area contributed by atoms with Crippen molar-refractivity contribution in [2.24, 2.45) is 0 Å². The van der Waals surface area contributed by atoms with Gasteiger partial charge >= 0.3 is 0 Å². The van der Waals surface area contributed by atoms with Crippen molar-refractivity contribution in [2.45, 2.75) is 47.1 Å². The first-order valence-corrected chi connectivity index (χ1v) is 5.29. The van der Waals surface area contributed by atoms with E-state index >= 15 is 0 Å². The molecule has 0 saturated carbocycles. The van der Waals surface area contributed by atoms with Crippen LogP contribution in [0.1, 0.15) is 45.0 Å². The summed E-state index contributed by atoms with van der Waals surface area (Å²) in [6.45, 7) is 11.1. The van der Waals surface area contributed by atoms with Gasteiger partial charge in [-0.25, -0.2) is 4.98 Å². The Kier molecular flexibility index (Phi) is 6.21. The topological polar surface area (TPSA) is 38.0 Å². The van der Waals surface area contributed by atoms with Crippen molar-refractivity contribution in [1.82, 2.24) is 9.55 Å². The molecule has 1 heterocycles. The maximum atomic E-state index is 8.74. The van der Waals surface area contributed by atoms with Crippen molar-refractivity contribution in [1.29, 1.82) is 0 Å². The van der Waals surface area contributed by atoms with Crippen molar-refractivity contribution >= 4 is 0 Å². The van der Waals surface area contributed by atoms with Crippen LogP contribution in [0.5, 0.6) is 0 Å². The molecular formula is C11H22N2O. The zero-order valence-corrected chi connectivity index (χ0v) is 9.91. The molecule has 0 aliphatic carbocycles. The van der Waals surface area contributed by atoms with Gasteiger partial charge in [0.15, 0.2) is 0 Å². The molecule has 0 amide bonds. The van der Waals surface area contributed by atoms with Gasteiger partial charge in [0.25, 0.3) is 0 Å². The van der Waals surface area contributed by atoms with E-state index < -0.39 is 0 Å². The van der Waals surface area contributed by atoms with Crippen LogP contribution in [-0.4, -0.2) is 21.3 Å². The van der Waals surface area contributed by atoms with Crippen molar-refractivity contribution in [3.63, 3.8) is 0 Å². The summed E-state index contributed by atoms with van der Waals surface area (Å²) < 4.78 is 1.98. The Morgan fingerprint density at radius 3 is 2.36 bits per heavy atom. The molecule has 0 atom stereocenters. The Morgan fingerprint density at radius 2 is 2.00 bits per heavy atom. The number of rotatable bonds is 3. The normalized spacial score (nSPS) is 9.93.